The zero-order valence-electron chi connectivity index (χ0n) is 16.7. The van der Waals surface area contributed by atoms with Crippen LogP contribution in [-0.4, -0.2) is 22.5 Å². The van der Waals surface area contributed by atoms with Gasteiger partial charge >= 0.3 is 5.97 Å². The highest BCUT2D eigenvalue weighted by Gasteiger charge is 2.31. The van der Waals surface area contributed by atoms with Crippen molar-refractivity contribution in [3.05, 3.63) is 75.8 Å². The van der Waals surface area contributed by atoms with Crippen LogP contribution in [0, 0.1) is 0 Å². The summed E-state index contributed by atoms with van der Waals surface area (Å²) in [6.45, 7) is 4.65. The predicted octanol–water partition coefficient (Wildman–Crippen LogP) is 5.88. The molecule has 7 heteroatoms. The summed E-state index contributed by atoms with van der Waals surface area (Å²) in [5, 5.41) is 14.3. The van der Waals surface area contributed by atoms with E-state index in [9.17, 15) is 14.7 Å². The van der Waals surface area contributed by atoms with Crippen molar-refractivity contribution in [1.82, 2.24) is 5.32 Å². The van der Waals surface area contributed by atoms with Gasteiger partial charge in [-0.2, -0.15) is 0 Å². The lowest BCUT2D eigenvalue weighted by Crippen LogP contribution is -2.49. The van der Waals surface area contributed by atoms with Gasteiger partial charge in [0.05, 0.1) is 15.6 Å². The second-order valence-electron chi connectivity index (χ2n) is 7.45. The van der Waals surface area contributed by atoms with Gasteiger partial charge in [0.15, 0.2) is 0 Å². The van der Waals surface area contributed by atoms with Crippen molar-refractivity contribution in [2.45, 2.75) is 32.4 Å². The molecule has 0 heterocycles. The monoisotopic (exact) mass is 445 g/mol. The summed E-state index contributed by atoms with van der Waals surface area (Å²) in [4.78, 5) is 24.4. The van der Waals surface area contributed by atoms with E-state index in [1.165, 1.54) is 13.8 Å². The van der Waals surface area contributed by atoms with Crippen LogP contribution < -0.4 is 10.1 Å². The smallest absolute Gasteiger partial charge is 0.328 e. The maximum Gasteiger partial charge on any atom is 0.328 e. The molecule has 0 aromatic heterocycles. The molecule has 2 N–H and O–H groups in total. The molecule has 156 valence electrons. The summed E-state index contributed by atoms with van der Waals surface area (Å²) in [7, 11) is 0. The van der Waals surface area contributed by atoms with Gasteiger partial charge in [0.25, 0.3) is 5.91 Å². The van der Waals surface area contributed by atoms with Crippen LogP contribution >= 0.6 is 23.2 Å². The molecule has 0 aliphatic carbocycles. The number of hydrogen-bond donors (Lipinski definition) is 2. The molecule has 0 aliphatic heterocycles. The van der Waals surface area contributed by atoms with Crippen LogP contribution in [0.3, 0.4) is 0 Å². The number of benzene rings is 3. The van der Waals surface area contributed by atoms with Gasteiger partial charge < -0.3 is 15.2 Å². The first kappa shape index (κ1) is 21.9. The maximum absolute atomic E-state index is 13.0. The Bertz CT molecular complexity index is 1130. The number of fused-ring (bicyclic) bond motifs is 1. The molecule has 0 saturated heterocycles. The topological polar surface area (TPSA) is 75.6 Å². The average molecular weight is 446 g/mol. The molecule has 1 amide bonds. The standard InChI is InChI=1S/C23H21Cl2NO4/c1-13(15-9-6-10-18(24)19(15)25)30-20-16-8-5-4-7-14(16)11-12-17(20)21(27)26-23(2,3)22(28)29/h4-13H,1-3H3,(H,26,27)(H,28,29). The van der Waals surface area contributed by atoms with E-state index < -0.39 is 23.5 Å². The molecule has 0 aliphatic rings. The number of aliphatic carboxylic acids is 1. The van der Waals surface area contributed by atoms with E-state index in [1.54, 1.807) is 30.3 Å². The fourth-order valence-corrected chi connectivity index (χ4v) is 3.49. The zero-order chi connectivity index (χ0) is 22.1. The maximum atomic E-state index is 13.0. The lowest BCUT2D eigenvalue weighted by Gasteiger charge is -2.24. The first-order valence-corrected chi connectivity index (χ1v) is 10.1. The van der Waals surface area contributed by atoms with Crippen LogP contribution in [0.5, 0.6) is 5.75 Å². The second-order valence-corrected chi connectivity index (χ2v) is 8.24. The quantitative estimate of drug-likeness (QED) is 0.496. The number of carboxylic acids is 1. The van der Waals surface area contributed by atoms with Crippen LogP contribution in [-0.2, 0) is 4.79 Å². The molecule has 3 aromatic carbocycles. The van der Waals surface area contributed by atoms with Crippen molar-refractivity contribution in [2.24, 2.45) is 0 Å². The molecule has 0 bridgehead atoms. The number of carbonyl (C=O) groups excluding carboxylic acids is 1. The Morgan fingerprint density at radius 1 is 1.03 bits per heavy atom. The predicted molar refractivity (Wildman–Crippen MR) is 119 cm³/mol. The molecule has 0 fully saturated rings. The van der Waals surface area contributed by atoms with Crippen LogP contribution in [0.4, 0.5) is 0 Å². The largest absolute Gasteiger partial charge is 0.484 e. The highest BCUT2D eigenvalue weighted by atomic mass is 35.5. The van der Waals surface area contributed by atoms with Crippen LogP contribution in [0.25, 0.3) is 10.8 Å². The van der Waals surface area contributed by atoms with Gasteiger partial charge in [-0.15, -0.1) is 0 Å². The number of carbonyl (C=O) groups is 2. The SMILES string of the molecule is CC(Oc1c(C(=O)NC(C)(C)C(=O)O)ccc2ccccc12)c1cccc(Cl)c1Cl. The molecule has 3 rings (SSSR count). The molecular formula is C23H21Cl2NO4. The van der Waals surface area contributed by atoms with E-state index in [1.807, 2.05) is 31.2 Å². The van der Waals surface area contributed by atoms with Gasteiger partial charge in [0.2, 0.25) is 0 Å². The van der Waals surface area contributed by atoms with Crippen molar-refractivity contribution in [3.63, 3.8) is 0 Å². The van der Waals surface area contributed by atoms with Gasteiger partial charge in [-0.05, 0) is 38.3 Å². The molecule has 0 spiro atoms. The highest BCUT2D eigenvalue weighted by Crippen LogP contribution is 2.37. The normalized spacial score (nSPS) is 12.4. The number of carboxylic acid groups (broad SMARTS) is 1. The van der Waals surface area contributed by atoms with Gasteiger partial charge in [-0.1, -0.05) is 65.7 Å². The third kappa shape index (κ3) is 4.37. The number of amides is 1. The zero-order valence-corrected chi connectivity index (χ0v) is 18.2. The van der Waals surface area contributed by atoms with Gasteiger partial charge in [0, 0.05) is 10.9 Å². The van der Waals surface area contributed by atoms with E-state index in [0.717, 1.165) is 10.8 Å². The Balaban J connectivity index is 2.07. The van der Waals surface area contributed by atoms with Gasteiger partial charge in [0.1, 0.15) is 17.4 Å². The van der Waals surface area contributed by atoms with Crippen LogP contribution in [0.1, 0.15) is 42.8 Å². The van der Waals surface area contributed by atoms with Gasteiger partial charge in [-0.25, -0.2) is 4.79 Å². The number of halogens is 2. The first-order valence-electron chi connectivity index (χ1n) is 9.30. The Labute approximate surface area is 184 Å². The molecule has 30 heavy (non-hydrogen) atoms. The van der Waals surface area contributed by atoms with Crippen LogP contribution in [0.2, 0.25) is 10.0 Å². The molecule has 0 radical (unpaired) electrons. The van der Waals surface area contributed by atoms with E-state index >= 15 is 0 Å². The summed E-state index contributed by atoms with van der Waals surface area (Å²) in [5.74, 6) is -1.35. The lowest BCUT2D eigenvalue weighted by molar-refractivity contribution is -0.143. The Hall–Kier alpha value is -2.76. The molecule has 3 aromatic rings. The Morgan fingerprint density at radius 3 is 2.43 bits per heavy atom. The summed E-state index contributed by atoms with van der Waals surface area (Å²) >= 11 is 12.5. The van der Waals surface area contributed by atoms with E-state index in [0.29, 0.717) is 21.4 Å². The molecular weight excluding hydrogens is 425 g/mol. The van der Waals surface area contributed by atoms with Crippen molar-refractivity contribution in [1.29, 1.82) is 0 Å². The van der Waals surface area contributed by atoms with E-state index in [2.05, 4.69) is 5.32 Å². The molecule has 5 nitrogen and oxygen atoms in total. The second kappa shape index (κ2) is 8.54. The Kier molecular flexibility index (Phi) is 6.25. The average Bonchev–Trinajstić information content (AvgIpc) is 2.69. The number of ether oxygens (including phenoxy) is 1. The fraction of sp³-hybridized carbons (Fsp3) is 0.217. The summed E-state index contributed by atoms with van der Waals surface area (Å²) in [6, 6.07) is 16.2. The summed E-state index contributed by atoms with van der Waals surface area (Å²) < 4.78 is 6.23. The first-order chi connectivity index (χ1) is 14.1. The van der Waals surface area contributed by atoms with Gasteiger partial charge in [-0.3, -0.25) is 4.79 Å². The number of nitrogens with one attached hydrogen (secondary N) is 1. The minimum Gasteiger partial charge on any atom is -0.484 e. The summed E-state index contributed by atoms with van der Waals surface area (Å²) in [6.07, 6.45) is -0.513. The van der Waals surface area contributed by atoms with Crippen molar-refractivity contribution < 1.29 is 19.4 Å². The fourth-order valence-electron chi connectivity index (χ4n) is 3.03. The minimum atomic E-state index is -1.44. The molecule has 1 unspecified atom stereocenters. The molecule has 1 atom stereocenters. The summed E-state index contributed by atoms with van der Waals surface area (Å²) in [5.41, 5.74) is -0.538. The van der Waals surface area contributed by atoms with Crippen molar-refractivity contribution in [3.8, 4) is 5.75 Å². The third-order valence-electron chi connectivity index (χ3n) is 4.80. The lowest BCUT2D eigenvalue weighted by atomic mass is 10.0. The van der Waals surface area contributed by atoms with Crippen LogP contribution in [0.15, 0.2) is 54.6 Å². The van der Waals surface area contributed by atoms with Crippen molar-refractivity contribution >= 4 is 45.9 Å². The van der Waals surface area contributed by atoms with E-state index in [-0.39, 0.29) is 5.56 Å². The number of hydrogen-bond acceptors (Lipinski definition) is 3. The molecule has 0 saturated carbocycles. The minimum absolute atomic E-state index is 0.230. The van der Waals surface area contributed by atoms with E-state index in [4.69, 9.17) is 27.9 Å². The highest BCUT2D eigenvalue weighted by molar-refractivity contribution is 6.42. The number of rotatable bonds is 6. The van der Waals surface area contributed by atoms with Crippen molar-refractivity contribution in [2.75, 3.05) is 0 Å². The third-order valence-corrected chi connectivity index (χ3v) is 5.63. The Morgan fingerprint density at radius 2 is 1.73 bits per heavy atom.